The first-order valence-corrected chi connectivity index (χ1v) is 11.2. The van der Waals surface area contributed by atoms with E-state index in [0.717, 1.165) is 24.0 Å². The summed E-state index contributed by atoms with van der Waals surface area (Å²) in [6.45, 7) is 5.46. The molecule has 0 aromatic carbocycles. The molecule has 6 nitrogen and oxygen atoms in total. The number of hydrogen-bond donors (Lipinski definition) is 0. The molecule has 6 heteroatoms. The summed E-state index contributed by atoms with van der Waals surface area (Å²) in [5.74, 6) is 0.200. The van der Waals surface area contributed by atoms with Gasteiger partial charge in [-0.2, -0.15) is 0 Å². The molecule has 0 bridgehead atoms. The van der Waals surface area contributed by atoms with E-state index in [1.54, 1.807) is 7.11 Å². The Morgan fingerprint density at radius 2 is 2.03 bits per heavy atom. The molecule has 1 unspecified atom stereocenters. The van der Waals surface area contributed by atoms with Crippen LogP contribution in [0.2, 0.25) is 0 Å². The van der Waals surface area contributed by atoms with Crippen molar-refractivity contribution in [3.8, 4) is 0 Å². The number of ether oxygens (including phenoxy) is 3. The van der Waals surface area contributed by atoms with Crippen LogP contribution >= 0.6 is 0 Å². The monoisotopic (exact) mass is 414 g/mol. The maximum absolute atomic E-state index is 12.4. The second-order valence-corrected chi connectivity index (χ2v) is 8.69. The number of carbonyl (C=O) groups excluding carboxylic acids is 1. The van der Waals surface area contributed by atoms with Crippen LogP contribution in [-0.4, -0.2) is 66.6 Å². The molecule has 30 heavy (non-hydrogen) atoms. The summed E-state index contributed by atoms with van der Waals surface area (Å²) in [7, 11) is 1.75. The minimum Gasteiger partial charge on any atom is -0.378 e. The van der Waals surface area contributed by atoms with Gasteiger partial charge in [-0.15, -0.1) is 0 Å². The number of nitrogens with zero attached hydrogens (tertiary/aromatic N) is 2. The molecule has 1 aliphatic heterocycles. The summed E-state index contributed by atoms with van der Waals surface area (Å²) in [4.78, 5) is 14.3. The van der Waals surface area contributed by atoms with Crippen molar-refractivity contribution in [2.24, 2.45) is 0 Å². The van der Waals surface area contributed by atoms with E-state index in [9.17, 15) is 4.79 Å². The van der Waals surface area contributed by atoms with Gasteiger partial charge in [-0.3, -0.25) is 4.79 Å². The average Bonchev–Trinajstić information content (AvgIpc) is 3.46. The SMILES string of the molecule is COC1(C)C=CC(c2ccn(CCC(=O)N3CCOCC3)c2)=C[C@@H]1OC1CCCC1. The lowest BCUT2D eigenvalue weighted by atomic mass is 9.88. The molecular weight excluding hydrogens is 380 g/mol. The van der Waals surface area contributed by atoms with E-state index >= 15 is 0 Å². The summed E-state index contributed by atoms with van der Waals surface area (Å²) < 4.78 is 19.7. The van der Waals surface area contributed by atoms with Crippen molar-refractivity contribution in [2.45, 2.75) is 63.4 Å². The Morgan fingerprint density at radius 1 is 1.27 bits per heavy atom. The number of hydrogen-bond acceptors (Lipinski definition) is 4. The second-order valence-electron chi connectivity index (χ2n) is 8.69. The fourth-order valence-corrected chi connectivity index (χ4v) is 4.46. The van der Waals surface area contributed by atoms with Crippen molar-refractivity contribution in [1.29, 1.82) is 0 Å². The van der Waals surface area contributed by atoms with E-state index in [1.807, 2.05) is 11.1 Å². The Hall–Kier alpha value is -1.89. The van der Waals surface area contributed by atoms with Gasteiger partial charge in [0.25, 0.3) is 0 Å². The molecule has 1 aromatic rings. The van der Waals surface area contributed by atoms with Crippen molar-refractivity contribution < 1.29 is 19.0 Å². The fourth-order valence-electron chi connectivity index (χ4n) is 4.46. The van der Waals surface area contributed by atoms with Gasteiger partial charge in [0.05, 0.1) is 19.3 Å². The fraction of sp³-hybridized carbons (Fsp3) is 0.625. The number of allylic oxidation sites excluding steroid dienone is 2. The first-order valence-electron chi connectivity index (χ1n) is 11.2. The molecule has 0 radical (unpaired) electrons. The summed E-state index contributed by atoms with van der Waals surface area (Å²) in [5.41, 5.74) is 1.84. The number of methoxy groups -OCH3 is 1. The third-order valence-electron chi connectivity index (χ3n) is 6.60. The lowest BCUT2D eigenvalue weighted by Gasteiger charge is -2.36. The molecule has 4 rings (SSSR count). The highest BCUT2D eigenvalue weighted by molar-refractivity contribution is 5.77. The van der Waals surface area contributed by atoms with Gasteiger partial charge in [0.15, 0.2) is 0 Å². The second kappa shape index (κ2) is 9.50. The molecular formula is C24H34N2O4. The topological polar surface area (TPSA) is 52.9 Å². The van der Waals surface area contributed by atoms with Gasteiger partial charge in [0.1, 0.15) is 11.7 Å². The minimum absolute atomic E-state index is 0.100. The van der Waals surface area contributed by atoms with Gasteiger partial charge in [-0.1, -0.05) is 18.9 Å². The Bertz CT molecular complexity index is 787. The molecule has 1 saturated carbocycles. The molecule has 2 heterocycles. The maximum Gasteiger partial charge on any atom is 0.224 e. The zero-order chi connectivity index (χ0) is 21.0. The van der Waals surface area contributed by atoms with Crippen LogP contribution in [0.25, 0.3) is 5.57 Å². The highest BCUT2D eigenvalue weighted by Gasteiger charge is 2.36. The third kappa shape index (κ3) is 4.88. The normalized spacial score (nSPS) is 27.5. The first-order chi connectivity index (χ1) is 14.6. The predicted molar refractivity (Wildman–Crippen MR) is 116 cm³/mol. The Balaban J connectivity index is 1.40. The van der Waals surface area contributed by atoms with Crippen LogP contribution in [0.15, 0.2) is 36.7 Å². The van der Waals surface area contributed by atoms with Gasteiger partial charge in [-0.25, -0.2) is 0 Å². The third-order valence-corrected chi connectivity index (χ3v) is 6.60. The standard InChI is InChI=1S/C24H34N2O4/c1-24(28-2)10-7-19(17-22(24)30-21-5-3-4-6-21)20-8-11-25(18-20)12-9-23(27)26-13-15-29-16-14-26/h7-8,10-11,17-18,21-22H,3-6,9,12-16H2,1-2H3/t22-,24?/m0/s1. The molecule has 1 saturated heterocycles. The molecule has 3 aliphatic rings. The van der Waals surface area contributed by atoms with Crippen LogP contribution in [0.4, 0.5) is 0 Å². The molecule has 2 fully saturated rings. The molecule has 1 amide bonds. The molecule has 2 atom stereocenters. The lowest BCUT2D eigenvalue weighted by molar-refractivity contribution is -0.135. The van der Waals surface area contributed by atoms with E-state index in [1.165, 1.54) is 12.8 Å². The number of carbonyl (C=O) groups is 1. The summed E-state index contributed by atoms with van der Waals surface area (Å²) in [5, 5.41) is 0. The number of morpholine rings is 1. The van der Waals surface area contributed by atoms with Crippen LogP contribution in [0.1, 0.15) is 44.6 Å². The van der Waals surface area contributed by atoms with E-state index < -0.39 is 5.60 Å². The number of rotatable bonds is 7. The maximum atomic E-state index is 12.4. The number of amides is 1. The smallest absolute Gasteiger partial charge is 0.224 e. The minimum atomic E-state index is -0.445. The highest BCUT2D eigenvalue weighted by Crippen LogP contribution is 2.34. The van der Waals surface area contributed by atoms with Gasteiger partial charge in [0, 0.05) is 45.6 Å². The molecule has 164 valence electrons. The van der Waals surface area contributed by atoms with Crippen molar-refractivity contribution >= 4 is 11.5 Å². The summed E-state index contributed by atoms with van der Waals surface area (Å²) in [6, 6.07) is 2.11. The first kappa shape index (κ1) is 21.3. The van der Waals surface area contributed by atoms with E-state index in [-0.39, 0.29) is 12.0 Å². The zero-order valence-electron chi connectivity index (χ0n) is 18.2. The molecule has 0 spiro atoms. The van der Waals surface area contributed by atoms with Crippen molar-refractivity contribution in [2.75, 3.05) is 33.4 Å². The van der Waals surface area contributed by atoms with E-state index in [4.69, 9.17) is 14.2 Å². The van der Waals surface area contributed by atoms with Gasteiger partial charge in [0.2, 0.25) is 5.91 Å². The van der Waals surface area contributed by atoms with E-state index in [2.05, 4.69) is 42.0 Å². The van der Waals surface area contributed by atoms with Crippen molar-refractivity contribution in [3.63, 3.8) is 0 Å². The summed E-state index contributed by atoms with van der Waals surface area (Å²) in [6.07, 6.45) is 16.1. The van der Waals surface area contributed by atoms with Crippen LogP contribution in [0.5, 0.6) is 0 Å². The Morgan fingerprint density at radius 3 is 2.77 bits per heavy atom. The summed E-state index contributed by atoms with van der Waals surface area (Å²) >= 11 is 0. The number of aromatic nitrogens is 1. The van der Waals surface area contributed by atoms with Crippen LogP contribution in [-0.2, 0) is 25.5 Å². The number of aryl methyl sites for hydroxylation is 1. The zero-order valence-corrected chi connectivity index (χ0v) is 18.2. The van der Waals surface area contributed by atoms with Crippen LogP contribution in [0.3, 0.4) is 0 Å². The van der Waals surface area contributed by atoms with Gasteiger partial charge < -0.3 is 23.7 Å². The highest BCUT2D eigenvalue weighted by atomic mass is 16.5. The van der Waals surface area contributed by atoms with E-state index in [0.29, 0.717) is 45.4 Å². The molecule has 1 aromatic heterocycles. The predicted octanol–water partition coefficient (Wildman–Crippen LogP) is 3.42. The van der Waals surface area contributed by atoms with Crippen molar-refractivity contribution in [1.82, 2.24) is 9.47 Å². The van der Waals surface area contributed by atoms with Gasteiger partial charge in [-0.05, 0) is 49.1 Å². The van der Waals surface area contributed by atoms with Crippen molar-refractivity contribution in [3.05, 3.63) is 42.3 Å². The quantitative estimate of drug-likeness (QED) is 0.686. The Labute approximate surface area is 179 Å². The van der Waals surface area contributed by atoms with Crippen LogP contribution in [0, 0.1) is 0 Å². The largest absolute Gasteiger partial charge is 0.378 e. The lowest BCUT2D eigenvalue weighted by Crippen LogP contribution is -2.43. The Kier molecular flexibility index (Phi) is 6.76. The average molecular weight is 415 g/mol. The van der Waals surface area contributed by atoms with Crippen LogP contribution < -0.4 is 0 Å². The molecule has 2 aliphatic carbocycles. The molecule has 0 N–H and O–H groups in total. The van der Waals surface area contributed by atoms with Gasteiger partial charge >= 0.3 is 0 Å².